The Morgan fingerprint density at radius 2 is 2.04 bits per heavy atom. The van der Waals surface area contributed by atoms with Crippen LogP contribution in [0.25, 0.3) is 10.9 Å². The summed E-state index contributed by atoms with van der Waals surface area (Å²) in [5, 5.41) is 20.7. The van der Waals surface area contributed by atoms with Gasteiger partial charge in [0, 0.05) is 23.1 Å². The minimum atomic E-state index is -5.08. The number of nitrogens with one attached hydrogen (secondary N) is 1. The Balaban J connectivity index is 0.000000236. The van der Waals surface area contributed by atoms with Gasteiger partial charge in [-0.2, -0.15) is 18.4 Å². The van der Waals surface area contributed by atoms with Gasteiger partial charge in [-0.15, -0.1) is 0 Å². The van der Waals surface area contributed by atoms with Crippen LogP contribution in [0.2, 0.25) is 0 Å². The molecule has 0 bridgehead atoms. The van der Waals surface area contributed by atoms with E-state index in [0.717, 1.165) is 19.5 Å². The van der Waals surface area contributed by atoms with Gasteiger partial charge in [0.05, 0.1) is 6.07 Å². The molecule has 0 amide bonds. The van der Waals surface area contributed by atoms with Crippen molar-refractivity contribution >= 4 is 16.9 Å². The summed E-state index contributed by atoms with van der Waals surface area (Å²) in [4.78, 5) is 8.90. The van der Waals surface area contributed by atoms with Crippen molar-refractivity contribution in [1.82, 2.24) is 9.88 Å². The van der Waals surface area contributed by atoms with E-state index in [4.69, 9.17) is 15.2 Å². The van der Waals surface area contributed by atoms with E-state index in [1.807, 2.05) is 6.07 Å². The lowest BCUT2D eigenvalue weighted by Gasteiger charge is -2.15. The van der Waals surface area contributed by atoms with Gasteiger partial charge >= 0.3 is 12.1 Å². The number of carbonyl (C=O) groups is 1. The highest BCUT2D eigenvalue weighted by atomic mass is 19.4. The molecule has 122 valence electrons. The highest BCUT2D eigenvalue weighted by Crippen LogP contribution is 2.28. The van der Waals surface area contributed by atoms with Crippen LogP contribution in [-0.2, 0) is 24.3 Å². The molecule has 1 aromatic heterocycles. The first-order valence-electron chi connectivity index (χ1n) is 6.83. The standard InChI is InChI=1S/C13H13N3.C2HF3O2/c14-6-8-16-12-4-2-1-3-10(12)11-5-7-15-9-13(11)16;3-2(4,5)1(6)7/h1-4,15H,5,7-9H2;(H,6,7). The second-order valence-electron chi connectivity index (χ2n) is 4.92. The number of carboxylic acids is 1. The van der Waals surface area contributed by atoms with Crippen molar-refractivity contribution in [1.29, 1.82) is 5.26 Å². The van der Waals surface area contributed by atoms with Crippen molar-refractivity contribution in [2.75, 3.05) is 6.54 Å². The first kappa shape index (κ1) is 16.8. The van der Waals surface area contributed by atoms with Crippen LogP contribution < -0.4 is 5.32 Å². The molecule has 0 spiro atoms. The predicted molar refractivity (Wildman–Crippen MR) is 76.7 cm³/mol. The topological polar surface area (TPSA) is 78.0 Å². The fraction of sp³-hybridized carbons (Fsp3) is 0.333. The van der Waals surface area contributed by atoms with Gasteiger partial charge in [0.15, 0.2) is 0 Å². The van der Waals surface area contributed by atoms with Gasteiger partial charge in [0.25, 0.3) is 0 Å². The highest BCUT2D eigenvalue weighted by molar-refractivity contribution is 5.86. The lowest BCUT2D eigenvalue weighted by Crippen LogP contribution is -2.25. The van der Waals surface area contributed by atoms with Crippen molar-refractivity contribution in [3.8, 4) is 6.07 Å². The van der Waals surface area contributed by atoms with Crippen molar-refractivity contribution in [3.05, 3.63) is 35.5 Å². The number of hydrogen-bond acceptors (Lipinski definition) is 3. The van der Waals surface area contributed by atoms with Gasteiger partial charge < -0.3 is 15.0 Å². The molecule has 0 saturated heterocycles. The minimum Gasteiger partial charge on any atom is -0.475 e. The maximum atomic E-state index is 10.6. The molecule has 0 aliphatic carbocycles. The van der Waals surface area contributed by atoms with E-state index in [0.29, 0.717) is 6.54 Å². The molecule has 8 heteroatoms. The number of benzene rings is 1. The molecule has 2 heterocycles. The predicted octanol–water partition coefficient (Wildman–Crippen LogP) is 2.44. The second-order valence-corrected chi connectivity index (χ2v) is 4.92. The Bertz CT molecular complexity index is 760. The number of para-hydroxylation sites is 1. The third kappa shape index (κ3) is 3.63. The zero-order valence-corrected chi connectivity index (χ0v) is 12.0. The Labute approximate surface area is 129 Å². The number of aromatic nitrogens is 1. The van der Waals surface area contributed by atoms with E-state index >= 15 is 0 Å². The Morgan fingerprint density at radius 1 is 1.39 bits per heavy atom. The molecule has 0 radical (unpaired) electrons. The van der Waals surface area contributed by atoms with Gasteiger partial charge in [-0.1, -0.05) is 18.2 Å². The summed E-state index contributed by atoms with van der Waals surface area (Å²) in [5.74, 6) is -2.76. The largest absolute Gasteiger partial charge is 0.490 e. The van der Waals surface area contributed by atoms with Crippen LogP contribution in [0.1, 0.15) is 11.3 Å². The van der Waals surface area contributed by atoms with E-state index in [-0.39, 0.29) is 0 Å². The molecule has 0 unspecified atom stereocenters. The number of carboxylic acid groups (broad SMARTS) is 1. The normalized spacial score (nSPS) is 13.7. The lowest BCUT2D eigenvalue weighted by atomic mass is 10.1. The molecule has 3 rings (SSSR count). The minimum absolute atomic E-state index is 0.442. The molecule has 0 fully saturated rings. The summed E-state index contributed by atoms with van der Waals surface area (Å²) in [7, 11) is 0. The fourth-order valence-corrected chi connectivity index (χ4v) is 2.58. The van der Waals surface area contributed by atoms with E-state index in [9.17, 15) is 13.2 Å². The number of alkyl halides is 3. The molecule has 1 aliphatic heterocycles. The van der Waals surface area contributed by atoms with Gasteiger partial charge in [0.1, 0.15) is 6.54 Å². The molecule has 0 atom stereocenters. The number of rotatable bonds is 1. The van der Waals surface area contributed by atoms with Crippen LogP contribution in [0.15, 0.2) is 24.3 Å². The van der Waals surface area contributed by atoms with E-state index < -0.39 is 12.1 Å². The van der Waals surface area contributed by atoms with Gasteiger partial charge in [-0.3, -0.25) is 0 Å². The molecule has 1 aliphatic rings. The number of halogens is 3. The molecule has 1 aromatic carbocycles. The average Bonchev–Trinajstić information content (AvgIpc) is 2.83. The number of nitriles is 1. The van der Waals surface area contributed by atoms with Crippen molar-refractivity contribution in [2.24, 2.45) is 0 Å². The SMILES string of the molecule is N#CCn1c2c(c3ccccc31)CCNC2.O=C(O)C(F)(F)F. The number of fused-ring (bicyclic) bond motifs is 3. The van der Waals surface area contributed by atoms with Crippen LogP contribution in [0.5, 0.6) is 0 Å². The maximum Gasteiger partial charge on any atom is 0.490 e. The highest BCUT2D eigenvalue weighted by Gasteiger charge is 2.38. The summed E-state index contributed by atoms with van der Waals surface area (Å²) in [5.41, 5.74) is 3.90. The van der Waals surface area contributed by atoms with E-state index in [2.05, 4.69) is 34.2 Å². The average molecular weight is 325 g/mol. The van der Waals surface area contributed by atoms with Crippen LogP contribution in [0.3, 0.4) is 0 Å². The van der Waals surface area contributed by atoms with Gasteiger partial charge in [0.2, 0.25) is 0 Å². The second kappa shape index (κ2) is 6.71. The number of aliphatic carboxylic acids is 1. The fourth-order valence-electron chi connectivity index (χ4n) is 2.58. The molecular weight excluding hydrogens is 311 g/mol. The summed E-state index contributed by atoms with van der Waals surface area (Å²) >= 11 is 0. The summed E-state index contributed by atoms with van der Waals surface area (Å²) in [6, 6.07) is 10.6. The van der Waals surface area contributed by atoms with Crippen LogP contribution in [-0.4, -0.2) is 28.4 Å². The first-order valence-corrected chi connectivity index (χ1v) is 6.83. The third-order valence-corrected chi connectivity index (χ3v) is 3.51. The lowest BCUT2D eigenvalue weighted by molar-refractivity contribution is -0.192. The zero-order chi connectivity index (χ0) is 17.0. The quantitative estimate of drug-likeness (QED) is 0.844. The molecule has 0 saturated carbocycles. The van der Waals surface area contributed by atoms with E-state index in [1.165, 1.54) is 22.2 Å². The van der Waals surface area contributed by atoms with Crippen molar-refractivity contribution in [3.63, 3.8) is 0 Å². The van der Waals surface area contributed by atoms with Crippen LogP contribution in [0, 0.1) is 11.3 Å². The molecule has 2 N–H and O–H groups in total. The molecular formula is C15H14F3N3O2. The van der Waals surface area contributed by atoms with E-state index in [1.54, 1.807) is 0 Å². The summed E-state index contributed by atoms with van der Waals surface area (Å²) in [6.07, 6.45) is -4.02. The van der Waals surface area contributed by atoms with Gasteiger partial charge in [-0.05, 0) is 24.6 Å². The number of nitrogens with zero attached hydrogens (tertiary/aromatic N) is 2. The monoisotopic (exact) mass is 325 g/mol. The van der Waals surface area contributed by atoms with Crippen LogP contribution >= 0.6 is 0 Å². The molecule has 5 nitrogen and oxygen atoms in total. The van der Waals surface area contributed by atoms with Gasteiger partial charge in [-0.25, -0.2) is 4.79 Å². The summed E-state index contributed by atoms with van der Waals surface area (Å²) in [6.45, 7) is 2.36. The maximum absolute atomic E-state index is 10.6. The third-order valence-electron chi connectivity index (χ3n) is 3.51. The molecule has 23 heavy (non-hydrogen) atoms. The molecule has 2 aromatic rings. The smallest absolute Gasteiger partial charge is 0.475 e. The first-order chi connectivity index (χ1) is 10.9. The Hall–Kier alpha value is -2.53. The Morgan fingerprint density at radius 3 is 2.65 bits per heavy atom. The van der Waals surface area contributed by atoms with Crippen molar-refractivity contribution in [2.45, 2.75) is 25.7 Å². The van der Waals surface area contributed by atoms with Crippen molar-refractivity contribution < 1.29 is 23.1 Å². The van der Waals surface area contributed by atoms with Crippen LogP contribution in [0.4, 0.5) is 13.2 Å². The summed E-state index contributed by atoms with van der Waals surface area (Å²) < 4.78 is 33.9. The zero-order valence-electron chi connectivity index (χ0n) is 12.0. The Kier molecular flexibility index (Phi) is 4.91. The number of hydrogen-bond donors (Lipinski definition) is 2.